The fraction of sp³-hybridized carbons (Fsp3) is 0.200. The van der Waals surface area contributed by atoms with Gasteiger partial charge in [-0.1, -0.05) is 43.7 Å². The number of nitrogens with zero attached hydrogens (tertiary/aromatic N) is 5. The number of aromatic carboxylic acids is 1. The van der Waals surface area contributed by atoms with Crippen LogP contribution in [0.2, 0.25) is 0 Å². The lowest BCUT2D eigenvalue weighted by atomic mass is 10.0. The molecule has 0 radical (unpaired) electrons. The second-order valence-corrected chi connectivity index (χ2v) is 6.59. The summed E-state index contributed by atoms with van der Waals surface area (Å²) in [7, 11) is 0. The van der Waals surface area contributed by atoms with Crippen molar-refractivity contribution in [3.8, 4) is 22.6 Å². The van der Waals surface area contributed by atoms with Gasteiger partial charge < -0.3 is 10.1 Å². The molecule has 3 aromatic heterocycles. The third kappa shape index (κ3) is 3.88. The van der Waals surface area contributed by atoms with Crippen LogP contribution in [-0.2, 0) is 12.8 Å². The van der Waals surface area contributed by atoms with Crippen LogP contribution in [0.4, 0.5) is 0 Å². The molecule has 0 saturated heterocycles. The van der Waals surface area contributed by atoms with E-state index in [0.29, 0.717) is 12.2 Å². The number of pyridine rings is 1. The Morgan fingerprint density at radius 1 is 1.14 bits per heavy atom. The molecule has 0 unspecified atom stereocenters. The minimum absolute atomic E-state index is 0.0253. The Balaban J connectivity index is 1.61. The lowest BCUT2D eigenvalue weighted by molar-refractivity contribution is 0.0684. The number of rotatable bonds is 7. The Labute approximate surface area is 166 Å². The van der Waals surface area contributed by atoms with Gasteiger partial charge in [0.1, 0.15) is 0 Å². The number of hydrogen-bond donors (Lipinski definition) is 3. The number of carbonyl (C=O) groups is 1. The van der Waals surface area contributed by atoms with E-state index in [1.165, 1.54) is 0 Å². The molecule has 4 rings (SSSR count). The lowest BCUT2D eigenvalue weighted by Crippen LogP contribution is -1.99. The van der Waals surface area contributed by atoms with E-state index in [1.807, 2.05) is 43.3 Å². The molecule has 0 atom stereocenters. The van der Waals surface area contributed by atoms with Gasteiger partial charge in [-0.25, -0.2) is 14.9 Å². The van der Waals surface area contributed by atoms with Crippen LogP contribution in [0, 0.1) is 0 Å². The van der Waals surface area contributed by atoms with E-state index in [-0.39, 0.29) is 5.82 Å². The number of aromatic amines is 2. The van der Waals surface area contributed by atoms with Crippen LogP contribution in [0.25, 0.3) is 22.6 Å². The topological polar surface area (TPSA) is 133 Å². The van der Waals surface area contributed by atoms with E-state index in [0.717, 1.165) is 46.6 Å². The second kappa shape index (κ2) is 8.01. The standard InChI is InChI=1S/C20H19N7O2/c1-2-5-16-17(23-19(22-16)20(28)29)10-12-8-9-15(21-11-12)13-6-3-4-7-14(13)18-24-26-27-25-18/h3-4,6-9,11H,2,5,10H2,1H3,(H,22,23)(H,28,29)(H,24,25,26,27). The normalized spacial score (nSPS) is 10.9. The van der Waals surface area contributed by atoms with E-state index >= 15 is 0 Å². The van der Waals surface area contributed by atoms with Crippen LogP contribution in [-0.4, -0.2) is 46.7 Å². The molecule has 3 heterocycles. The third-order valence-corrected chi connectivity index (χ3v) is 4.56. The first-order valence-electron chi connectivity index (χ1n) is 9.25. The molecule has 0 amide bonds. The summed E-state index contributed by atoms with van der Waals surface area (Å²) in [5, 5.41) is 23.2. The number of H-pyrrole nitrogens is 2. The van der Waals surface area contributed by atoms with Crippen LogP contribution < -0.4 is 0 Å². The predicted molar refractivity (Wildman–Crippen MR) is 105 cm³/mol. The number of hydrogen-bond acceptors (Lipinski definition) is 6. The van der Waals surface area contributed by atoms with E-state index in [4.69, 9.17) is 0 Å². The van der Waals surface area contributed by atoms with Crippen molar-refractivity contribution in [1.82, 2.24) is 35.6 Å². The number of tetrazole rings is 1. The number of nitrogens with one attached hydrogen (secondary N) is 2. The lowest BCUT2D eigenvalue weighted by Gasteiger charge is -2.07. The summed E-state index contributed by atoms with van der Waals surface area (Å²) < 4.78 is 0. The summed E-state index contributed by atoms with van der Waals surface area (Å²) in [6, 6.07) is 11.7. The van der Waals surface area contributed by atoms with Gasteiger partial charge in [0, 0.05) is 29.4 Å². The zero-order chi connectivity index (χ0) is 20.2. The zero-order valence-electron chi connectivity index (χ0n) is 15.8. The van der Waals surface area contributed by atoms with E-state index < -0.39 is 5.97 Å². The Bertz CT molecular complexity index is 1120. The first-order valence-corrected chi connectivity index (χ1v) is 9.25. The highest BCUT2D eigenvalue weighted by Gasteiger charge is 2.15. The van der Waals surface area contributed by atoms with Crippen molar-refractivity contribution < 1.29 is 9.90 Å². The van der Waals surface area contributed by atoms with Crippen molar-refractivity contribution in [1.29, 1.82) is 0 Å². The predicted octanol–water partition coefficient (Wildman–Crippen LogP) is 2.89. The number of benzene rings is 1. The van der Waals surface area contributed by atoms with Gasteiger partial charge in [-0.2, -0.15) is 0 Å². The first kappa shape index (κ1) is 18.5. The molecule has 9 heteroatoms. The molecule has 0 bridgehead atoms. The molecule has 146 valence electrons. The summed E-state index contributed by atoms with van der Waals surface area (Å²) in [5.41, 5.74) is 5.14. The SMILES string of the molecule is CCCc1nc(C(=O)O)[nH]c1Cc1ccc(-c2ccccc2-c2nnn[nH]2)nc1. The minimum atomic E-state index is -1.06. The van der Waals surface area contributed by atoms with Crippen LogP contribution in [0.15, 0.2) is 42.6 Å². The van der Waals surface area contributed by atoms with Crippen molar-refractivity contribution in [3.05, 3.63) is 65.4 Å². The van der Waals surface area contributed by atoms with E-state index in [2.05, 4.69) is 35.6 Å². The van der Waals surface area contributed by atoms with Crippen LogP contribution in [0.1, 0.15) is 40.9 Å². The van der Waals surface area contributed by atoms with Crippen molar-refractivity contribution >= 4 is 5.97 Å². The average Bonchev–Trinajstić information content (AvgIpc) is 3.40. The number of imidazole rings is 1. The number of aromatic nitrogens is 7. The zero-order valence-corrected chi connectivity index (χ0v) is 15.8. The van der Waals surface area contributed by atoms with Gasteiger partial charge in [0.25, 0.3) is 0 Å². The fourth-order valence-corrected chi connectivity index (χ4v) is 3.22. The number of aryl methyl sites for hydroxylation is 1. The molecular formula is C20H19N7O2. The largest absolute Gasteiger partial charge is 0.475 e. The molecule has 1 aromatic carbocycles. The minimum Gasteiger partial charge on any atom is -0.475 e. The molecule has 0 saturated carbocycles. The number of carboxylic acids is 1. The average molecular weight is 389 g/mol. The second-order valence-electron chi connectivity index (χ2n) is 6.59. The Morgan fingerprint density at radius 3 is 2.62 bits per heavy atom. The number of carboxylic acid groups (broad SMARTS) is 1. The highest BCUT2D eigenvalue weighted by molar-refractivity contribution is 5.83. The molecule has 9 nitrogen and oxygen atoms in total. The summed E-state index contributed by atoms with van der Waals surface area (Å²) in [6.07, 6.45) is 3.95. The van der Waals surface area contributed by atoms with Gasteiger partial charge in [-0.05, 0) is 28.5 Å². The Morgan fingerprint density at radius 2 is 1.97 bits per heavy atom. The van der Waals surface area contributed by atoms with Crippen molar-refractivity contribution in [2.24, 2.45) is 0 Å². The van der Waals surface area contributed by atoms with Crippen molar-refractivity contribution in [3.63, 3.8) is 0 Å². The van der Waals surface area contributed by atoms with E-state index in [1.54, 1.807) is 6.20 Å². The summed E-state index contributed by atoms with van der Waals surface area (Å²) >= 11 is 0. The maximum atomic E-state index is 11.2. The Kier molecular flexibility index (Phi) is 5.10. The van der Waals surface area contributed by atoms with Gasteiger partial charge in [0.05, 0.1) is 11.4 Å². The van der Waals surface area contributed by atoms with Gasteiger partial charge in [0.2, 0.25) is 5.82 Å². The van der Waals surface area contributed by atoms with Crippen molar-refractivity contribution in [2.45, 2.75) is 26.2 Å². The molecule has 0 aliphatic heterocycles. The summed E-state index contributed by atoms with van der Waals surface area (Å²) in [4.78, 5) is 23.0. The molecule has 0 aliphatic rings. The molecule has 0 aliphatic carbocycles. The summed E-state index contributed by atoms with van der Waals surface area (Å²) in [5.74, 6) is -0.502. The van der Waals surface area contributed by atoms with Gasteiger partial charge in [-0.3, -0.25) is 4.98 Å². The Hall–Kier alpha value is -3.88. The molecule has 4 aromatic rings. The maximum absolute atomic E-state index is 11.2. The van der Waals surface area contributed by atoms with Crippen LogP contribution in [0.3, 0.4) is 0 Å². The summed E-state index contributed by atoms with van der Waals surface area (Å²) in [6.45, 7) is 2.04. The maximum Gasteiger partial charge on any atom is 0.371 e. The molecule has 0 fully saturated rings. The highest BCUT2D eigenvalue weighted by atomic mass is 16.4. The molecule has 0 spiro atoms. The molecule has 3 N–H and O–H groups in total. The quantitative estimate of drug-likeness (QED) is 0.442. The molecule has 29 heavy (non-hydrogen) atoms. The van der Waals surface area contributed by atoms with Gasteiger partial charge >= 0.3 is 5.97 Å². The van der Waals surface area contributed by atoms with Crippen LogP contribution >= 0.6 is 0 Å². The third-order valence-electron chi connectivity index (χ3n) is 4.56. The first-order chi connectivity index (χ1) is 14.2. The smallest absolute Gasteiger partial charge is 0.371 e. The van der Waals surface area contributed by atoms with Gasteiger partial charge in [-0.15, -0.1) is 5.10 Å². The van der Waals surface area contributed by atoms with Crippen molar-refractivity contribution in [2.75, 3.05) is 0 Å². The fourth-order valence-electron chi connectivity index (χ4n) is 3.22. The molecular weight excluding hydrogens is 370 g/mol. The van der Waals surface area contributed by atoms with E-state index in [9.17, 15) is 9.90 Å². The van der Waals surface area contributed by atoms with Crippen LogP contribution in [0.5, 0.6) is 0 Å². The van der Waals surface area contributed by atoms with Gasteiger partial charge in [0.15, 0.2) is 5.82 Å². The monoisotopic (exact) mass is 389 g/mol. The highest BCUT2D eigenvalue weighted by Crippen LogP contribution is 2.28.